The predicted molar refractivity (Wildman–Crippen MR) is 51.8 cm³/mol. The summed E-state index contributed by atoms with van der Waals surface area (Å²) in [6, 6.07) is 9.17. The van der Waals surface area contributed by atoms with Gasteiger partial charge in [-0.25, -0.2) is 0 Å². The molecule has 0 bridgehead atoms. The number of thiophene rings is 1. The Morgan fingerprint density at radius 1 is 1.58 bits per heavy atom. The molecule has 0 fully saturated rings. The van der Waals surface area contributed by atoms with E-state index in [9.17, 15) is 0 Å². The monoisotopic (exact) mass is 177 g/mol. The lowest BCUT2D eigenvalue weighted by Crippen LogP contribution is -1.90. The summed E-state index contributed by atoms with van der Waals surface area (Å²) < 4.78 is 6.60. The third-order valence-corrected chi connectivity index (χ3v) is 2.54. The van der Waals surface area contributed by atoms with Crippen molar-refractivity contribution in [3.8, 4) is 5.75 Å². The maximum absolute atomic E-state index is 5.33. The quantitative estimate of drug-likeness (QED) is 0.685. The Kier molecular flexibility index (Phi) is 2.00. The van der Waals surface area contributed by atoms with E-state index in [1.165, 1.54) is 10.1 Å². The van der Waals surface area contributed by atoms with E-state index in [4.69, 9.17) is 4.74 Å². The van der Waals surface area contributed by atoms with Gasteiger partial charge < -0.3 is 4.74 Å². The van der Waals surface area contributed by atoms with Crippen molar-refractivity contribution in [1.29, 1.82) is 0 Å². The first-order chi connectivity index (χ1) is 5.90. The van der Waals surface area contributed by atoms with Crippen molar-refractivity contribution in [3.63, 3.8) is 0 Å². The molecular formula is C10H9OS. The Balaban J connectivity index is 2.46. The fourth-order valence-corrected chi connectivity index (χ4v) is 1.92. The molecule has 0 amide bonds. The van der Waals surface area contributed by atoms with Crippen LogP contribution in [-0.4, -0.2) is 6.61 Å². The van der Waals surface area contributed by atoms with Crippen LogP contribution in [0.25, 0.3) is 10.1 Å². The van der Waals surface area contributed by atoms with E-state index in [-0.39, 0.29) is 0 Å². The average molecular weight is 177 g/mol. The van der Waals surface area contributed by atoms with Gasteiger partial charge in [0.25, 0.3) is 0 Å². The minimum Gasteiger partial charge on any atom is -0.493 e. The smallest absolute Gasteiger partial charge is 0.128 e. The topological polar surface area (TPSA) is 9.23 Å². The highest BCUT2D eigenvalue weighted by molar-refractivity contribution is 7.17. The zero-order chi connectivity index (χ0) is 8.39. The summed E-state index contributed by atoms with van der Waals surface area (Å²) in [5.41, 5.74) is 0. The van der Waals surface area contributed by atoms with Crippen LogP contribution in [0.5, 0.6) is 5.75 Å². The number of fused-ring (bicyclic) bond motifs is 1. The van der Waals surface area contributed by atoms with E-state index in [1.54, 1.807) is 11.3 Å². The van der Waals surface area contributed by atoms with E-state index in [2.05, 4.69) is 17.5 Å². The van der Waals surface area contributed by atoms with Crippen LogP contribution in [-0.2, 0) is 0 Å². The summed E-state index contributed by atoms with van der Waals surface area (Å²) >= 11 is 1.73. The first-order valence-electron chi connectivity index (χ1n) is 3.92. The van der Waals surface area contributed by atoms with Crippen LogP contribution in [0.4, 0.5) is 0 Å². The lowest BCUT2D eigenvalue weighted by Gasteiger charge is -2.00. The van der Waals surface area contributed by atoms with Crippen molar-refractivity contribution >= 4 is 21.4 Å². The van der Waals surface area contributed by atoms with Crippen molar-refractivity contribution in [2.45, 2.75) is 6.92 Å². The second-order valence-electron chi connectivity index (χ2n) is 2.47. The van der Waals surface area contributed by atoms with Gasteiger partial charge in [-0.1, -0.05) is 0 Å². The summed E-state index contributed by atoms with van der Waals surface area (Å²) in [6.45, 7) is 2.68. The fourth-order valence-electron chi connectivity index (χ4n) is 1.12. The van der Waals surface area contributed by atoms with E-state index >= 15 is 0 Å². The van der Waals surface area contributed by atoms with Crippen molar-refractivity contribution in [2.75, 3.05) is 6.61 Å². The molecule has 1 aromatic carbocycles. The summed E-state index contributed by atoms with van der Waals surface area (Å²) in [4.78, 5) is 0. The number of rotatable bonds is 2. The van der Waals surface area contributed by atoms with Gasteiger partial charge in [-0.2, -0.15) is 0 Å². The normalized spacial score (nSPS) is 10.4. The molecule has 0 aliphatic rings. The zero-order valence-corrected chi connectivity index (χ0v) is 7.65. The molecule has 1 radical (unpaired) electrons. The van der Waals surface area contributed by atoms with Gasteiger partial charge in [-0.15, -0.1) is 11.3 Å². The highest BCUT2D eigenvalue weighted by atomic mass is 32.1. The minimum atomic E-state index is 0.702. The molecule has 0 saturated heterocycles. The lowest BCUT2D eigenvalue weighted by molar-refractivity contribution is 0.340. The van der Waals surface area contributed by atoms with Crippen LogP contribution >= 0.6 is 11.3 Å². The number of hydrogen-bond acceptors (Lipinski definition) is 2. The van der Waals surface area contributed by atoms with Crippen LogP contribution in [0.2, 0.25) is 0 Å². The highest BCUT2D eigenvalue weighted by Gasteiger charge is 1.97. The second kappa shape index (κ2) is 3.15. The zero-order valence-electron chi connectivity index (χ0n) is 6.83. The molecule has 2 heteroatoms. The van der Waals surface area contributed by atoms with Gasteiger partial charge in [0.15, 0.2) is 0 Å². The van der Waals surface area contributed by atoms with Crippen LogP contribution in [0.15, 0.2) is 23.6 Å². The molecular weight excluding hydrogens is 168 g/mol. The first kappa shape index (κ1) is 7.62. The molecule has 1 heterocycles. The van der Waals surface area contributed by atoms with Gasteiger partial charge in [0, 0.05) is 10.8 Å². The van der Waals surface area contributed by atoms with Gasteiger partial charge in [0.1, 0.15) is 5.75 Å². The van der Waals surface area contributed by atoms with Crippen molar-refractivity contribution < 1.29 is 4.74 Å². The Bertz CT molecular complexity index is 378. The molecule has 0 atom stereocenters. The largest absolute Gasteiger partial charge is 0.493 e. The summed E-state index contributed by atoms with van der Waals surface area (Å²) in [5, 5.41) is 3.32. The van der Waals surface area contributed by atoms with Crippen molar-refractivity contribution in [2.24, 2.45) is 0 Å². The molecule has 12 heavy (non-hydrogen) atoms. The van der Waals surface area contributed by atoms with Crippen LogP contribution in [0, 0.1) is 6.07 Å². The fraction of sp³-hybridized carbons (Fsp3) is 0.200. The molecule has 0 aliphatic heterocycles. The highest BCUT2D eigenvalue weighted by Crippen LogP contribution is 2.24. The molecule has 2 rings (SSSR count). The van der Waals surface area contributed by atoms with Gasteiger partial charge >= 0.3 is 0 Å². The SMILES string of the molecule is CCOc1[c]cc2ccsc2c1. The molecule has 1 aromatic heterocycles. The van der Waals surface area contributed by atoms with E-state index in [0.29, 0.717) is 6.61 Å². The molecule has 2 aromatic rings. The summed E-state index contributed by atoms with van der Waals surface area (Å²) in [6.07, 6.45) is 0. The van der Waals surface area contributed by atoms with Gasteiger partial charge in [-0.05, 0) is 35.9 Å². The first-order valence-corrected chi connectivity index (χ1v) is 4.80. The Labute approximate surface area is 75.6 Å². The number of benzene rings is 1. The van der Waals surface area contributed by atoms with E-state index in [0.717, 1.165) is 5.75 Å². The van der Waals surface area contributed by atoms with Gasteiger partial charge in [0.2, 0.25) is 0 Å². The van der Waals surface area contributed by atoms with Crippen LogP contribution < -0.4 is 4.74 Å². The lowest BCUT2D eigenvalue weighted by atomic mass is 10.2. The second-order valence-corrected chi connectivity index (χ2v) is 3.42. The maximum Gasteiger partial charge on any atom is 0.128 e. The Hall–Kier alpha value is -1.02. The third-order valence-electron chi connectivity index (χ3n) is 1.66. The maximum atomic E-state index is 5.33. The minimum absolute atomic E-state index is 0.702. The number of hydrogen-bond donors (Lipinski definition) is 0. The van der Waals surface area contributed by atoms with Crippen molar-refractivity contribution in [3.05, 3.63) is 29.6 Å². The van der Waals surface area contributed by atoms with Gasteiger partial charge in [-0.3, -0.25) is 0 Å². The standard InChI is InChI=1S/C10H9OS/c1-2-11-9-4-3-8-5-6-12-10(8)7-9/h3,5-7H,2H2,1H3. The molecule has 0 aliphatic carbocycles. The van der Waals surface area contributed by atoms with E-state index in [1.807, 2.05) is 19.1 Å². The third kappa shape index (κ3) is 1.30. The predicted octanol–water partition coefficient (Wildman–Crippen LogP) is 3.10. The molecule has 61 valence electrons. The Morgan fingerprint density at radius 3 is 3.33 bits per heavy atom. The van der Waals surface area contributed by atoms with E-state index < -0.39 is 0 Å². The molecule has 1 nitrogen and oxygen atoms in total. The number of ether oxygens (including phenoxy) is 1. The molecule has 0 saturated carbocycles. The van der Waals surface area contributed by atoms with Crippen molar-refractivity contribution in [1.82, 2.24) is 0 Å². The summed E-state index contributed by atoms with van der Waals surface area (Å²) in [7, 11) is 0. The summed E-state index contributed by atoms with van der Waals surface area (Å²) in [5.74, 6) is 0.840. The molecule has 0 unspecified atom stereocenters. The average Bonchev–Trinajstić information content (AvgIpc) is 2.51. The van der Waals surface area contributed by atoms with Gasteiger partial charge in [0.05, 0.1) is 6.61 Å². The molecule has 0 spiro atoms. The Morgan fingerprint density at radius 2 is 2.50 bits per heavy atom. The van der Waals surface area contributed by atoms with Crippen LogP contribution in [0.3, 0.4) is 0 Å². The molecule has 0 N–H and O–H groups in total. The van der Waals surface area contributed by atoms with Crippen LogP contribution in [0.1, 0.15) is 6.92 Å².